The second-order valence-electron chi connectivity index (χ2n) is 5.60. The first-order valence-corrected chi connectivity index (χ1v) is 9.63. The molecule has 134 valence electrons. The Balaban J connectivity index is 2.02. The number of halogens is 2. The molecule has 0 unspecified atom stereocenters. The van der Waals surface area contributed by atoms with E-state index in [0.29, 0.717) is 6.54 Å². The van der Waals surface area contributed by atoms with Crippen molar-refractivity contribution in [2.75, 3.05) is 13.6 Å². The second-order valence-corrected chi connectivity index (χ2v) is 8.46. The molecule has 0 heterocycles. The van der Waals surface area contributed by atoms with Crippen molar-refractivity contribution >= 4 is 39.1 Å². The van der Waals surface area contributed by atoms with Crippen molar-refractivity contribution in [3.05, 3.63) is 63.6 Å². The van der Waals surface area contributed by atoms with Crippen LogP contribution in [-0.4, -0.2) is 32.2 Å². The third-order valence-corrected chi connectivity index (χ3v) is 6.08. The number of nitrogens with zero attached hydrogens (tertiary/aromatic N) is 1. The summed E-state index contributed by atoms with van der Waals surface area (Å²) in [6.07, 6.45) is 0. The Morgan fingerprint density at radius 1 is 1.12 bits per heavy atom. The van der Waals surface area contributed by atoms with E-state index in [1.807, 2.05) is 31.2 Å². The van der Waals surface area contributed by atoms with Crippen molar-refractivity contribution < 1.29 is 13.2 Å². The minimum absolute atomic E-state index is 0.0521. The van der Waals surface area contributed by atoms with Crippen LogP contribution in [0.2, 0.25) is 10.0 Å². The molecule has 0 spiro atoms. The molecule has 0 saturated carbocycles. The van der Waals surface area contributed by atoms with Crippen LogP contribution in [0.1, 0.15) is 11.1 Å². The Morgan fingerprint density at radius 3 is 2.40 bits per heavy atom. The second kappa shape index (κ2) is 8.19. The van der Waals surface area contributed by atoms with Crippen LogP contribution in [0.15, 0.2) is 47.4 Å². The van der Waals surface area contributed by atoms with Crippen LogP contribution in [-0.2, 0) is 21.4 Å². The average molecular weight is 401 g/mol. The third-order valence-electron chi connectivity index (χ3n) is 3.56. The van der Waals surface area contributed by atoms with Crippen molar-refractivity contribution in [1.29, 1.82) is 0 Å². The van der Waals surface area contributed by atoms with E-state index in [-0.39, 0.29) is 21.5 Å². The molecule has 0 aromatic heterocycles. The minimum atomic E-state index is -3.92. The largest absolute Gasteiger partial charge is 0.351 e. The molecule has 2 rings (SSSR count). The molecular formula is C17H18Cl2N2O3S. The van der Waals surface area contributed by atoms with Crippen LogP contribution in [0.4, 0.5) is 0 Å². The fraction of sp³-hybridized carbons (Fsp3) is 0.235. The maximum absolute atomic E-state index is 12.6. The summed E-state index contributed by atoms with van der Waals surface area (Å²) in [7, 11) is -2.60. The quantitative estimate of drug-likeness (QED) is 0.808. The van der Waals surface area contributed by atoms with Crippen molar-refractivity contribution in [2.24, 2.45) is 0 Å². The lowest BCUT2D eigenvalue weighted by molar-refractivity contribution is -0.121. The lowest BCUT2D eigenvalue weighted by Gasteiger charge is -2.18. The number of rotatable bonds is 6. The first-order valence-electron chi connectivity index (χ1n) is 7.44. The number of nitrogens with one attached hydrogen (secondary N) is 1. The molecule has 8 heteroatoms. The van der Waals surface area contributed by atoms with Crippen LogP contribution in [0, 0.1) is 6.92 Å². The maximum atomic E-state index is 12.6. The first-order chi connectivity index (χ1) is 11.7. The number of amides is 1. The van der Waals surface area contributed by atoms with Crippen molar-refractivity contribution in [1.82, 2.24) is 9.62 Å². The van der Waals surface area contributed by atoms with Crippen molar-refractivity contribution in [2.45, 2.75) is 18.4 Å². The van der Waals surface area contributed by atoms with Gasteiger partial charge >= 0.3 is 0 Å². The van der Waals surface area contributed by atoms with E-state index in [9.17, 15) is 13.2 Å². The van der Waals surface area contributed by atoms with Crippen molar-refractivity contribution in [3.8, 4) is 0 Å². The lowest BCUT2D eigenvalue weighted by Crippen LogP contribution is -2.38. The molecule has 0 fully saturated rings. The Morgan fingerprint density at radius 2 is 1.76 bits per heavy atom. The van der Waals surface area contributed by atoms with Gasteiger partial charge in [0.05, 0.1) is 11.6 Å². The Hall–Kier alpha value is -1.60. The monoisotopic (exact) mass is 400 g/mol. The molecule has 2 aromatic rings. The fourth-order valence-corrected chi connectivity index (χ4v) is 3.95. The highest BCUT2D eigenvalue weighted by molar-refractivity contribution is 7.89. The highest BCUT2D eigenvalue weighted by atomic mass is 35.5. The van der Waals surface area contributed by atoms with E-state index in [2.05, 4.69) is 5.32 Å². The zero-order valence-corrected chi connectivity index (χ0v) is 16.1. The first kappa shape index (κ1) is 19.7. The molecule has 0 atom stereocenters. The van der Waals surface area contributed by atoms with Gasteiger partial charge in [-0.2, -0.15) is 4.31 Å². The Labute approximate surface area is 157 Å². The zero-order valence-electron chi connectivity index (χ0n) is 13.8. The normalized spacial score (nSPS) is 11.6. The van der Waals surface area contributed by atoms with Gasteiger partial charge in [0.2, 0.25) is 15.9 Å². The highest BCUT2D eigenvalue weighted by Crippen LogP contribution is 2.27. The number of likely N-dealkylation sites (N-methyl/N-ethyl adjacent to an activating group) is 1. The topological polar surface area (TPSA) is 66.5 Å². The van der Waals surface area contributed by atoms with E-state index >= 15 is 0 Å². The highest BCUT2D eigenvalue weighted by Gasteiger charge is 2.25. The Kier molecular flexibility index (Phi) is 6.46. The standard InChI is InChI=1S/C17H18Cl2N2O3S/c1-12-3-5-13(6-4-12)10-20-17(22)11-21(2)25(23,24)16-9-14(18)7-8-15(16)19/h3-9H,10-11H2,1-2H3,(H,20,22). The van der Waals surface area contributed by atoms with Gasteiger partial charge in [0.1, 0.15) is 4.90 Å². The molecule has 25 heavy (non-hydrogen) atoms. The number of aryl methyl sites for hydroxylation is 1. The van der Waals surface area contributed by atoms with Crippen LogP contribution in [0.3, 0.4) is 0 Å². The van der Waals surface area contributed by atoms with Gasteiger partial charge in [0, 0.05) is 18.6 Å². The van der Waals surface area contributed by atoms with Gasteiger partial charge in [-0.3, -0.25) is 4.79 Å². The third kappa shape index (κ3) is 5.19. The number of carbonyl (C=O) groups is 1. The van der Waals surface area contributed by atoms with E-state index in [4.69, 9.17) is 23.2 Å². The average Bonchev–Trinajstić information content (AvgIpc) is 2.56. The van der Waals surface area contributed by atoms with Gasteiger partial charge in [0.15, 0.2) is 0 Å². The minimum Gasteiger partial charge on any atom is -0.351 e. The molecule has 0 aliphatic heterocycles. The van der Waals surface area contributed by atoms with Gasteiger partial charge in [-0.25, -0.2) is 8.42 Å². The summed E-state index contributed by atoms with van der Waals surface area (Å²) in [4.78, 5) is 11.9. The van der Waals surface area contributed by atoms with Crippen molar-refractivity contribution in [3.63, 3.8) is 0 Å². The number of hydrogen-bond donors (Lipinski definition) is 1. The van der Waals surface area contributed by atoms with Crippen LogP contribution in [0.25, 0.3) is 0 Å². The molecule has 0 saturated heterocycles. The van der Waals surface area contributed by atoms with Gasteiger partial charge in [0.25, 0.3) is 0 Å². The molecule has 0 aliphatic carbocycles. The van der Waals surface area contributed by atoms with E-state index in [1.165, 1.54) is 25.2 Å². The predicted molar refractivity (Wildman–Crippen MR) is 99.3 cm³/mol. The number of carbonyl (C=O) groups excluding carboxylic acids is 1. The molecule has 0 aliphatic rings. The molecule has 2 aromatic carbocycles. The summed E-state index contributed by atoms with van der Waals surface area (Å²) >= 11 is 11.8. The van der Waals surface area contributed by atoms with Gasteiger partial charge in [-0.15, -0.1) is 0 Å². The molecular weight excluding hydrogens is 383 g/mol. The van der Waals surface area contributed by atoms with Crippen LogP contribution in [0.5, 0.6) is 0 Å². The summed E-state index contributed by atoms with van der Waals surface area (Å²) in [5, 5.41) is 3.00. The van der Waals surface area contributed by atoms with E-state index in [1.54, 1.807) is 0 Å². The summed E-state index contributed by atoms with van der Waals surface area (Å²) in [5.74, 6) is -0.412. The molecule has 1 N–H and O–H groups in total. The Bertz CT molecular complexity index is 868. The summed E-state index contributed by atoms with van der Waals surface area (Å²) in [6.45, 7) is 1.98. The maximum Gasteiger partial charge on any atom is 0.244 e. The van der Waals surface area contributed by atoms with Crippen LogP contribution >= 0.6 is 23.2 Å². The van der Waals surface area contributed by atoms with Crippen LogP contribution < -0.4 is 5.32 Å². The fourth-order valence-electron chi connectivity index (χ4n) is 2.09. The summed E-state index contributed by atoms with van der Waals surface area (Å²) in [5.41, 5.74) is 2.06. The lowest BCUT2D eigenvalue weighted by atomic mass is 10.1. The number of sulfonamides is 1. The van der Waals surface area contributed by atoms with E-state index in [0.717, 1.165) is 15.4 Å². The summed E-state index contributed by atoms with van der Waals surface area (Å²) < 4.78 is 26.1. The number of hydrogen-bond acceptors (Lipinski definition) is 3. The molecule has 5 nitrogen and oxygen atoms in total. The van der Waals surface area contributed by atoms with Gasteiger partial charge in [-0.05, 0) is 30.7 Å². The predicted octanol–water partition coefficient (Wildman–Crippen LogP) is 3.24. The molecule has 1 amide bonds. The number of benzene rings is 2. The molecule has 0 bridgehead atoms. The zero-order chi connectivity index (χ0) is 18.6. The van der Waals surface area contributed by atoms with Gasteiger partial charge < -0.3 is 5.32 Å². The summed E-state index contributed by atoms with van der Waals surface area (Å²) in [6, 6.07) is 11.9. The molecule has 0 radical (unpaired) electrons. The van der Waals surface area contributed by atoms with E-state index < -0.39 is 15.9 Å². The van der Waals surface area contributed by atoms with Gasteiger partial charge in [-0.1, -0.05) is 53.0 Å². The smallest absolute Gasteiger partial charge is 0.244 e. The SMILES string of the molecule is Cc1ccc(CNC(=O)CN(C)S(=O)(=O)c2cc(Cl)ccc2Cl)cc1.